The van der Waals surface area contributed by atoms with Crippen molar-refractivity contribution in [2.24, 2.45) is 5.92 Å². The van der Waals surface area contributed by atoms with Gasteiger partial charge in [0.2, 0.25) is 0 Å². The average Bonchev–Trinajstić information content (AvgIpc) is 2.27. The molecule has 0 fully saturated rings. The van der Waals surface area contributed by atoms with Gasteiger partial charge in [0, 0.05) is 23.1 Å². The number of ketones is 1. The van der Waals surface area contributed by atoms with Gasteiger partial charge in [-0.25, -0.2) is 0 Å². The van der Waals surface area contributed by atoms with Gasteiger partial charge in [0.1, 0.15) is 0 Å². The molecule has 0 atom stereocenters. The van der Waals surface area contributed by atoms with Crippen LogP contribution in [0.5, 0.6) is 0 Å². The minimum Gasteiger partial charge on any atom is -0.294 e. The summed E-state index contributed by atoms with van der Waals surface area (Å²) < 4.78 is 0. The van der Waals surface area contributed by atoms with E-state index >= 15 is 0 Å². The van der Waals surface area contributed by atoms with Crippen molar-refractivity contribution in [2.45, 2.75) is 13.8 Å². The van der Waals surface area contributed by atoms with Crippen molar-refractivity contribution in [2.75, 3.05) is 0 Å². The largest absolute Gasteiger partial charge is 0.294 e. The van der Waals surface area contributed by atoms with Crippen LogP contribution in [-0.4, -0.2) is 10.8 Å². The molecule has 2 rings (SSSR count). The predicted octanol–water partition coefficient (Wildman–Crippen LogP) is 3.07. The number of aromatic nitrogens is 1. The SMILES string of the molecule is CC(C)C(=O)c1ccc2cccnc2c1. The van der Waals surface area contributed by atoms with Crippen LogP contribution in [0.3, 0.4) is 0 Å². The highest BCUT2D eigenvalue weighted by Gasteiger charge is 2.10. The highest BCUT2D eigenvalue weighted by atomic mass is 16.1. The van der Waals surface area contributed by atoms with E-state index < -0.39 is 0 Å². The van der Waals surface area contributed by atoms with Gasteiger partial charge in [0.05, 0.1) is 5.52 Å². The molecule has 0 radical (unpaired) electrons. The van der Waals surface area contributed by atoms with E-state index in [9.17, 15) is 4.79 Å². The van der Waals surface area contributed by atoms with Crippen LogP contribution in [0, 0.1) is 5.92 Å². The Morgan fingerprint density at radius 2 is 2.07 bits per heavy atom. The molecule has 15 heavy (non-hydrogen) atoms. The summed E-state index contributed by atoms with van der Waals surface area (Å²) in [5, 5.41) is 1.07. The standard InChI is InChI=1S/C13H13NO/c1-9(2)13(15)11-6-5-10-4-3-7-14-12(10)8-11/h3-9H,1-2H3. The summed E-state index contributed by atoms with van der Waals surface area (Å²) in [6, 6.07) is 9.56. The van der Waals surface area contributed by atoms with Gasteiger partial charge >= 0.3 is 0 Å². The Hall–Kier alpha value is -1.70. The van der Waals surface area contributed by atoms with Crippen LogP contribution in [-0.2, 0) is 0 Å². The molecule has 0 unspecified atom stereocenters. The third kappa shape index (κ3) is 1.89. The van der Waals surface area contributed by atoms with E-state index in [4.69, 9.17) is 0 Å². The van der Waals surface area contributed by atoms with Crippen LogP contribution < -0.4 is 0 Å². The molecule has 1 heterocycles. The van der Waals surface area contributed by atoms with Crippen molar-refractivity contribution in [3.05, 3.63) is 42.1 Å². The molecule has 0 aliphatic rings. The molecule has 0 bridgehead atoms. The number of Topliss-reactive ketones (excluding diaryl/α,β-unsaturated/α-hetero) is 1. The third-order valence-corrected chi connectivity index (χ3v) is 2.41. The van der Waals surface area contributed by atoms with Crippen molar-refractivity contribution in [1.82, 2.24) is 4.98 Å². The summed E-state index contributed by atoms with van der Waals surface area (Å²) in [6.45, 7) is 3.82. The van der Waals surface area contributed by atoms with Gasteiger partial charge in [0.25, 0.3) is 0 Å². The van der Waals surface area contributed by atoms with E-state index in [0.29, 0.717) is 0 Å². The van der Waals surface area contributed by atoms with Crippen LogP contribution in [0.1, 0.15) is 24.2 Å². The van der Waals surface area contributed by atoms with Crippen LogP contribution in [0.15, 0.2) is 36.5 Å². The Kier molecular flexibility index (Phi) is 2.50. The van der Waals surface area contributed by atoms with E-state index in [0.717, 1.165) is 16.5 Å². The lowest BCUT2D eigenvalue weighted by molar-refractivity contribution is 0.0939. The van der Waals surface area contributed by atoms with Crippen LogP contribution >= 0.6 is 0 Å². The molecule has 0 saturated carbocycles. The number of carbonyl (C=O) groups is 1. The second-order valence-electron chi connectivity index (χ2n) is 3.93. The Morgan fingerprint density at radius 1 is 1.27 bits per heavy atom. The zero-order valence-electron chi connectivity index (χ0n) is 8.90. The lowest BCUT2D eigenvalue weighted by atomic mass is 10.00. The summed E-state index contributed by atoms with van der Waals surface area (Å²) in [4.78, 5) is 16.0. The first-order valence-electron chi connectivity index (χ1n) is 5.07. The zero-order valence-corrected chi connectivity index (χ0v) is 8.90. The topological polar surface area (TPSA) is 30.0 Å². The summed E-state index contributed by atoms with van der Waals surface area (Å²) in [5.74, 6) is 0.203. The molecule has 1 aromatic heterocycles. The molecule has 1 aromatic carbocycles. The Morgan fingerprint density at radius 3 is 2.80 bits per heavy atom. The maximum atomic E-state index is 11.8. The number of carbonyl (C=O) groups excluding carboxylic acids is 1. The van der Waals surface area contributed by atoms with E-state index in [1.165, 1.54) is 0 Å². The normalized spacial score (nSPS) is 10.9. The lowest BCUT2D eigenvalue weighted by Crippen LogP contribution is -2.07. The summed E-state index contributed by atoms with van der Waals surface area (Å²) in [5.41, 5.74) is 1.63. The van der Waals surface area contributed by atoms with Crippen molar-refractivity contribution in [1.29, 1.82) is 0 Å². The maximum absolute atomic E-state index is 11.8. The van der Waals surface area contributed by atoms with Crippen molar-refractivity contribution < 1.29 is 4.79 Å². The molecule has 2 nitrogen and oxygen atoms in total. The van der Waals surface area contributed by atoms with Gasteiger partial charge in [0.15, 0.2) is 5.78 Å². The quantitative estimate of drug-likeness (QED) is 0.696. The van der Waals surface area contributed by atoms with Gasteiger partial charge in [-0.3, -0.25) is 9.78 Å². The fourth-order valence-electron chi connectivity index (χ4n) is 1.55. The second-order valence-corrected chi connectivity index (χ2v) is 3.93. The fourth-order valence-corrected chi connectivity index (χ4v) is 1.55. The molecule has 76 valence electrons. The van der Waals surface area contributed by atoms with Crippen molar-refractivity contribution in [3.63, 3.8) is 0 Å². The average molecular weight is 199 g/mol. The first-order valence-corrected chi connectivity index (χ1v) is 5.07. The Balaban J connectivity index is 2.52. The highest BCUT2D eigenvalue weighted by Crippen LogP contribution is 2.15. The molecule has 0 spiro atoms. The molecule has 0 N–H and O–H groups in total. The molecule has 0 amide bonds. The summed E-state index contributed by atoms with van der Waals surface area (Å²) in [7, 11) is 0. The maximum Gasteiger partial charge on any atom is 0.165 e. The molecule has 2 aromatic rings. The molecule has 0 saturated heterocycles. The van der Waals surface area contributed by atoms with E-state index in [-0.39, 0.29) is 11.7 Å². The van der Waals surface area contributed by atoms with Gasteiger partial charge in [-0.2, -0.15) is 0 Å². The number of fused-ring (bicyclic) bond motifs is 1. The number of hydrogen-bond acceptors (Lipinski definition) is 2. The minimum absolute atomic E-state index is 0.0335. The number of rotatable bonds is 2. The first-order chi connectivity index (χ1) is 7.18. The van der Waals surface area contributed by atoms with Gasteiger partial charge in [-0.15, -0.1) is 0 Å². The smallest absolute Gasteiger partial charge is 0.165 e. The predicted molar refractivity (Wildman–Crippen MR) is 60.9 cm³/mol. The van der Waals surface area contributed by atoms with E-state index in [1.807, 2.05) is 44.2 Å². The molecular formula is C13H13NO. The second kappa shape index (κ2) is 3.81. The van der Waals surface area contributed by atoms with Crippen molar-refractivity contribution >= 4 is 16.7 Å². The zero-order chi connectivity index (χ0) is 10.8. The number of nitrogens with zero attached hydrogens (tertiary/aromatic N) is 1. The summed E-state index contributed by atoms with van der Waals surface area (Å²) >= 11 is 0. The third-order valence-electron chi connectivity index (χ3n) is 2.41. The lowest BCUT2D eigenvalue weighted by Gasteiger charge is -2.04. The molecule has 2 heteroatoms. The fraction of sp³-hybridized carbons (Fsp3) is 0.231. The van der Waals surface area contributed by atoms with Gasteiger partial charge < -0.3 is 0 Å². The Labute approximate surface area is 89.0 Å². The van der Waals surface area contributed by atoms with Gasteiger partial charge in [-0.1, -0.05) is 32.0 Å². The minimum atomic E-state index is 0.0335. The first kappa shape index (κ1) is 9.84. The van der Waals surface area contributed by atoms with Crippen molar-refractivity contribution in [3.8, 4) is 0 Å². The number of pyridine rings is 1. The van der Waals surface area contributed by atoms with Crippen LogP contribution in [0.25, 0.3) is 10.9 Å². The summed E-state index contributed by atoms with van der Waals surface area (Å²) in [6.07, 6.45) is 1.74. The number of hydrogen-bond donors (Lipinski definition) is 0. The molecule has 0 aliphatic heterocycles. The number of benzene rings is 1. The van der Waals surface area contributed by atoms with E-state index in [1.54, 1.807) is 6.20 Å². The van der Waals surface area contributed by atoms with Crippen LogP contribution in [0.4, 0.5) is 0 Å². The molecular weight excluding hydrogens is 186 g/mol. The van der Waals surface area contributed by atoms with Crippen LogP contribution in [0.2, 0.25) is 0 Å². The molecule has 0 aliphatic carbocycles. The monoisotopic (exact) mass is 199 g/mol. The van der Waals surface area contributed by atoms with Gasteiger partial charge in [-0.05, 0) is 12.1 Å². The highest BCUT2D eigenvalue weighted by molar-refractivity contribution is 6.00. The Bertz CT molecular complexity index is 503. The van der Waals surface area contributed by atoms with E-state index in [2.05, 4.69) is 4.98 Å².